The predicted octanol–water partition coefficient (Wildman–Crippen LogP) is -0.238. The minimum Gasteiger partial charge on any atom is -0.479 e. The molecule has 0 aliphatic heterocycles. The molecule has 1 aliphatic carbocycles. The van der Waals surface area contributed by atoms with E-state index in [0.717, 1.165) is 10.8 Å². The number of H-pyrrole nitrogens is 1. The Hall–Kier alpha value is -2.36. The molecule has 0 amide bonds. The maximum atomic E-state index is 11.7. The summed E-state index contributed by atoms with van der Waals surface area (Å²) >= 11 is 0. The number of aromatic nitrogens is 2. The van der Waals surface area contributed by atoms with Crippen molar-refractivity contribution in [3.8, 4) is 6.07 Å². The first kappa shape index (κ1) is 12.1. The Balaban J connectivity index is 2.71. The molecule has 1 heterocycles. The van der Waals surface area contributed by atoms with E-state index in [1.165, 1.54) is 0 Å². The fraction of sp³-hybridized carbons (Fsp3) is 0.455. The fourth-order valence-corrected chi connectivity index (χ4v) is 2.39. The van der Waals surface area contributed by atoms with Gasteiger partial charge in [-0.2, -0.15) is 5.26 Å². The van der Waals surface area contributed by atoms with E-state index in [1.807, 2.05) is 4.98 Å². The highest BCUT2D eigenvalue weighted by Gasteiger charge is 2.44. The Kier molecular flexibility index (Phi) is 2.79. The number of nitrogens with one attached hydrogen (secondary N) is 1. The maximum absolute atomic E-state index is 11.7. The molecule has 0 radical (unpaired) electrons. The van der Waals surface area contributed by atoms with Crippen LogP contribution >= 0.6 is 0 Å². The Labute approximate surface area is 101 Å². The first-order valence-electron chi connectivity index (χ1n) is 5.51. The zero-order chi connectivity index (χ0) is 13.3. The van der Waals surface area contributed by atoms with Crippen LogP contribution in [0.25, 0.3) is 0 Å². The minimum absolute atomic E-state index is 0.262. The zero-order valence-corrected chi connectivity index (χ0v) is 9.47. The van der Waals surface area contributed by atoms with Crippen molar-refractivity contribution in [1.29, 1.82) is 5.26 Å². The van der Waals surface area contributed by atoms with Crippen LogP contribution in [-0.4, -0.2) is 20.6 Å². The van der Waals surface area contributed by atoms with Crippen molar-refractivity contribution >= 4 is 5.97 Å². The first-order valence-corrected chi connectivity index (χ1v) is 5.51. The van der Waals surface area contributed by atoms with Gasteiger partial charge in [0, 0.05) is 6.20 Å². The Morgan fingerprint density at radius 2 is 2.06 bits per heavy atom. The molecule has 94 valence electrons. The average molecular weight is 249 g/mol. The van der Waals surface area contributed by atoms with E-state index in [1.54, 1.807) is 6.07 Å². The highest BCUT2D eigenvalue weighted by atomic mass is 16.4. The van der Waals surface area contributed by atoms with E-state index >= 15 is 0 Å². The van der Waals surface area contributed by atoms with Gasteiger partial charge in [0.25, 0.3) is 5.56 Å². The average Bonchev–Trinajstić information content (AvgIpc) is 2.79. The van der Waals surface area contributed by atoms with Gasteiger partial charge in [-0.1, -0.05) is 12.8 Å². The second-order valence-corrected chi connectivity index (χ2v) is 4.33. The molecule has 1 aromatic heterocycles. The van der Waals surface area contributed by atoms with Crippen LogP contribution < -0.4 is 11.2 Å². The van der Waals surface area contributed by atoms with Gasteiger partial charge in [-0.25, -0.2) is 9.59 Å². The standard InChI is InChI=1S/C11H11N3O4/c12-5-7-6-14(10(18)13-8(7)15)11(9(16)17)3-1-2-4-11/h6H,1-4H2,(H,16,17)(H,13,15,18). The number of rotatable bonds is 2. The number of hydrogen-bond acceptors (Lipinski definition) is 4. The van der Waals surface area contributed by atoms with Crippen LogP contribution in [0.4, 0.5) is 0 Å². The van der Waals surface area contributed by atoms with Crippen LogP contribution in [0.2, 0.25) is 0 Å². The summed E-state index contributed by atoms with van der Waals surface area (Å²) in [5.41, 5.74) is -3.19. The SMILES string of the molecule is N#Cc1cn(C2(C(=O)O)CCCC2)c(=O)[nH]c1=O. The lowest BCUT2D eigenvalue weighted by molar-refractivity contribution is -0.147. The van der Waals surface area contributed by atoms with E-state index in [-0.39, 0.29) is 5.56 Å². The molecule has 1 aliphatic rings. The fourth-order valence-electron chi connectivity index (χ4n) is 2.39. The highest BCUT2D eigenvalue weighted by Crippen LogP contribution is 2.35. The molecule has 0 spiro atoms. The third-order valence-corrected chi connectivity index (χ3v) is 3.35. The summed E-state index contributed by atoms with van der Waals surface area (Å²) in [4.78, 5) is 36.4. The van der Waals surface area contributed by atoms with Crippen LogP contribution in [0.3, 0.4) is 0 Å². The van der Waals surface area contributed by atoms with Gasteiger partial charge in [0.2, 0.25) is 0 Å². The molecular formula is C11H11N3O4. The van der Waals surface area contributed by atoms with Gasteiger partial charge in [0.15, 0.2) is 0 Å². The summed E-state index contributed by atoms with van der Waals surface area (Å²) in [5, 5.41) is 18.1. The number of carboxylic acids is 1. The molecule has 0 aromatic carbocycles. The first-order chi connectivity index (χ1) is 8.51. The van der Waals surface area contributed by atoms with Crippen LogP contribution in [0.15, 0.2) is 15.8 Å². The topological polar surface area (TPSA) is 116 Å². The lowest BCUT2D eigenvalue weighted by Crippen LogP contribution is -2.48. The quantitative estimate of drug-likeness (QED) is 0.750. The zero-order valence-electron chi connectivity index (χ0n) is 9.47. The van der Waals surface area contributed by atoms with Gasteiger partial charge < -0.3 is 5.11 Å². The van der Waals surface area contributed by atoms with Crippen molar-refractivity contribution < 1.29 is 9.90 Å². The van der Waals surface area contributed by atoms with Crippen molar-refractivity contribution in [2.24, 2.45) is 0 Å². The van der Waals surface area contributed by atoms with Crippen LogP contribution in [0.1, 0.15) is 31.2 Å². The van der Waals surface area contributed by atoms with E-state index in [0.29, 0.717) is 25.7 Å². The Morgan fingerprint density at radius 1 is 1.44 bits per heavy atom. The van der Waals surface area contributed by atoms with E-state index in [2.05, 4.69) is 0 Å². The molecule has 18 heavy (non-hydrogen) atoms. The second-order valence-electron chi connectivity index (χ2n) is 4.33. The molecule has 2 rings (SSSR count). The van der Waals surface area contributed by atoms with Crippen LogP contribution in [0.5, 0.6) is 0 Å². The predicted molar refractivity (Wildman–Crippen MR) is 60.1 cm³/mol. The van der Waals surface area contributed by atoms with Gasteiger partial charge >= 0.3 is 11.7 Å². The van der Waals surface area contributed by atoms with Gasteiger partial charge in [-0.15, -0.1) is 0 Å². The van der Waals surface area contributed by atoms with Crippen molar-refractivity contribution in [1.82, 2.24) is 9.55 Å². The summed E-state index contributed by atoms with van der Waals surface area (Å²) in [5.74, 6) is -1.11. The van der Waals surface area contributed by atoms with Crippen molar-refractivity contribution in [2.75, 3.05) is 0 Å². The largest absolute Gasteiger partial charge is 0.479 e. The van der Waals surface area contributed by atoms with Gasteiger partial charge in [0.05, 0.1) is 0 Å². The molecule has 0 bridgehead atoms. The summed E-state index contributed by atoms with van der Waals surface area (Å²) in [6.45, 7) is 0. The van der Waals surface area contributed by atoms with Crippen molar-refractivity contribution in [3.05, 3.63) is 32.6 Å². The van der Waals surface area contributed by atoms with Crippen LogP contribution in [-0.2, 0) is 10.3 Å². The molecule has 0 atom stereocenters. The summed E-state index contributed by atoms with van der Waals surface area (Å²) in [6.07, 6.45) is 3.07. The molecule has 1 aromatic rings. The highest BCUT2D eigenvalue weighted by molar-refractivity contribution is 5.77. The van der Waals surface area contributed by atoms with Gasteiger partial charge in [-0.3, -0.25) is 14.3 Å². The number of carboxylic acid groups (broad SMARTS) is 1. The molecule has 2 N–H and O–H groups in total. The minimum atomic E-state index is -1.34. The Morgan fingerprint density at radius 3 is 2.56 bits per heavy atom. The summed E-state index contributed by atoms with van der Waals surface area (Å²) in [6, 6.07) is 1.65. The molecule has 7 nitrogen and oxygen atoms in total. The molecule has 0 saturated heterocycles. The number of aliphatic carboxylic acids is 1. The molecule has 0 unspecified atom stereocenters. The smallest absolute Gasteiger partial charge is 0.330 e. The van der Waals surface area contributed by atoms with Crippen LogP contribution in [0, 0.1) is 11.3 Å². The lowest BCUT2D eigenvalue weighted by Gasteiger charge is -2.26. The van der Waals surface area contributed by atoms with Gasteiger partial charge in [-0.05, 0) is 12.8 Å². The number of nitrogens with zero attached hydrogens (tertiary/aromatic N) is 2. The third-order valence-electron chi connectivity index (χ3n) is 3.35. The molecule has 1 saturated carbocycles. The number of aromatic amines is 1. The number of hydrogen-bond donors (Lipinski definition) is 2. The summed E-state index contributed by atoms with van der Waals surface area (Å²) in [7, 11) is 0. The molecule has 7 heteroatoms. The Bertz CT molecular complexity index is 643. The number of nitriles is 1. The third kappa shape index (κ3) is 1.62. The summed E-state index contributed by atoms with van der Waals surface area (Å²) < 4.78 is 0.974. The van der Waals surface area contributed by atoms with E-state index in [9.17, 15) is 19.5 Å². The van der Waals surface area contributed by atoms with E-state index < -0.39 is 22.8 Å². The molecular weight excluding hydrogens is 238 g/mol. The van der Waals surface area contributed by atoms with Crippen molar-refractivity contribution in [2.45, 2.75) is 31.2 Å². The number of carbonyl (C=O) groups is 1. The van der Waals surface area contributed by atoms with E-state index in [4.69, 9.17) is 5.26 Å². The lowest BCUT2D eigenvalue weighted by atomic mass is 9.97. The maximum Gasteiger partial charge on any atom is 0.330 e. The molecule has 1 fully saturated rings. The normalized spacial score (nSPS) is 17.3. The van der Waals surface area contributed by atoms with Gasteiger partial charge in [0.1, 0.15) is 17.2 Å². The second kappa shape index (κ2) is 4.14. The monoisotopic (exact) mass is 249 g/mol. The van der Waals surface area contributed by atoms with Crippen molar-refractivity contribution in [3.63, 3.8) is 0 Å².